The predicted molar refractivity (Wildman–Crippen MR) is 122 cm³/mol. The predicted octanol–water partition coefficient (Wildman–Crippen LogP) is 5.68. The maximum atomic E-state index is 13.6. The second kappa shape index (κ2) is 8.49. The summed E-state index contributed by atoms with van der Waals surface area (Å²) >= 11 is 0. The van der Waals surface area contributed by atoms with Crippen molar-refractivity contribution in [2.45, 2.75) is 6.18 Å². The summed E-state index contributed by atoms with van der Waals surface area (Å²) in [5, 5.41) is 15.3. The Morgan fingerprint density at radius 3 is 2.50 bits per heavy atom. The highest BCUT2D eigenvalue weighted by Crippen LogP contribution is 2.40. The molecule has 0 atom stereocenters. The molecule has 4 aromatic rings. The number of carbonyl (C=O) groups is 1. The van der Waals surface area contributed by atoms with Gasteiger partial charge in [0, 0.05) is 23.0 Å². The average molecular weight is 490 g/mol. The molecule has 0 aliphatic rings. The zero-order valence-electron chi connectivity index (χ0n) is 17.8. The number of anilines is 4. The van der Waals surface area contributed by atoms with Crippen LogP contribution in [0.3, 0.4) is 0 Å². The summed E-state index contributed by atoms with van der Waals surface area (Å²) in [4.78, 5) is 19.1. The lowest BCUT2D eigenvalue weighted by molar-refractivity contribution is -0.137. The summed E-state index contributed by atoms with van der Waals surface area (Å²) in [6.45, 7) is 3.02. The number of halogens is 3. The van der Waals surface area contributed by atoms with Crippen molar-refractivity contribution >= 4 is 52.7 Å². The van der Waals surface area contributed by atoms with E-state index in [1.54, 1.807) is 24.3 Å². The van der Waals surface area contributed by atoms with Crippen molar-refractivity contribution < 1.29 is 32.1 Å². The van der Waals surface area contributed by atoms with Gasteiger partial charge in [0.05, 0.1) is 11.3 Å². The van der Waals surface area contributed by atoms with E-state index < -0.39 is 30.7 Å². The minimum Gasteiger partial charge on any atom is -0.478 e. The first kappa shape index (κ1) is 23.3. The van der Waals surface area contributed by atoms with Crippen molar-refractivity contribution in [3.8, 4) is 0 Å². The van der Waals surface area contributed by atoms with Gasteiger partial charge in [-0.1, -0.05) is 18.2 Å². The van der Waals surface area contributed by atoms with Crippen molar-refractivity contribution in [1.82, 2.24) is 9.97 Å². The molecule has 0 bridgehead atoms. The van der Waals surface area contributed by atoms with E-state index in [0.717, 1.165) is 0 Å². The Balaban J connectivity index is 1.74. The zero-order valence-corrected chi connectivity index (χ0v) is 18.7. The maximum Gasteiger partial charge on any atom is 0.421 e. The monoisotopic (exact) mass is 490 g/mol. The van der Waals surface area contributed by atoms with Gasteiger partial charge in [-0.15, -0.1) is 0 Å². The Morgan fingerprint density at radius 2 is 1.82 bits per heavy atom. The van der Waals surface area contributed by atoms with E-state index in [4.69, 9.17) is 4.42 Å². The number of para-hydroxylation sites is 1. The number of furan rings is 1. The number of hydrogen-bond acceptors (Lipinski definition) is 7. The van der Waals surface area contributed by atoms with Gasteiger partial charge < -0.3 is 19.4 Å². The molecule has 2 aromatic heterocycles. The Morgan fingerprint density at radius 1 is 1.09 bits per heavy atom. The van der Waals surface area contributed by atoms with Crippen LogP contribution in [0.4, 0.5) is 36.5 Å². The molecule has 2 aromatic carbocycles. The molecule has 0 aliphatic carbocycles. The van der Waals surface area contributed by atoms with Crippen molar-refractivity contribution in [2.75, 3.05) is 24.0 Å². The number of fused-ring (bicyclic) bond motifs is 1. The lowest BCUT2D eigenvalue weighted by Gasteiger charge is -2.18. The van der Waals surface area contributed by atoms with Gasteiger partial charge >= 0.3 is 12.1 Å². The molecule has 0 unspecified atom stereocenters. The summed E-state index contributed by atoms with van der Waals surface area (Å²) in [6.07, 6.45) is -4.14. The van der Waals surface area contributed by atoms with E-state index in [2.05, 4.69) is 20.6 Å². The maximum absolute atomic E-state index is 13.6. The number of aromatic carboxylic acids is 1. The van der Waals surface area contributed by atoms with Crippen LogP contribution in [-0.2, 0) is 10.7 Å². The van der Waals surface area contributed by atoms with E-state index in [9.17, 15) is 27.6 Å². The highest BCUT2D eigenvalue weighted by molar-refractivity contribution is 7.70. The standard InChI is InChI=1S/C22H18F3N4O4P/c1-34(2,32)17-9-4-3-7-15(17)27-19-14(22(23,24)25)11-26-21(29-19)28-18-10-13-12(20(30)31)6-5-8-16(13)33-18/h3-11H,1-2H3,(H,30,31)(H2,26,27,28,29). The van der Waals surface area contributed by atoms with Gasteiger partial charge in [-0.25, -0.2) is 9.78 Å². The molecule has 0 amide bonds. The SMILES string of the molecule is CP(C)(=O)c1ccccc1Nc1nc(Nc2cc3c(C(=O)O)cccc3o2)ncc1C(F)(F)F. The molecule has 0 saturated heterocycles. The van der Waals surface area contributed by atoms with Crippen LogP contribution >= 0.6 is 7.14 Å². The van der Waals surface area contributed by atoms with Crippen molar-refractivity contribution in [2.24, 2.45) is 0 Å². The van der Waals surface area contributed by atoms with E-state index in [1.165, 1.54) is 37.6 Å². The number of benzene rings is 2. The Kier molecular flexibility index (Phi) is 5.82. The largest absolute Gasteiger partial charge is 0.478 e. The van der Waals surface area contributed by atoms with Crippen LogP contribution in [0.25, 0.3) is 11.0 Å². The van der Waals surface area contributed by atoms with Gasteiger partial charge in [0.25, 0.3) is 0 Å². The lowest BCUT2D eigenvalue weighted by atomic mass is 10.1. The number of carboxylic acids is 1. The summed E-state index contributed by atoms with van der Waals surface area (Å²) in [5.74, 6) is -1.88. The Labute approximate surface area is 191 Å². The van der Waals surface area contributed by atoms with Gasteiger partial charge in [0.1, 0.15) is 24.1 Å². The number of nitrogens with zero attached hydrogens (tertiary/aromatic N) is 2. The molecule has 0 saturated carbocycles. The first-order valence-electron chi connectivity index (χ1n) is 9.82. The third-order valence-corrected chi connectivity index (χ3v) is 6.41. The molecular weight excluding hydrogens is 472 g/mol. The molecule has 34 heavy (non-hydrogen) atoms. The molecule has 0 radical (unpaired) electrons. The van der Waals surface area contributed by atoms with Crippen LogP contribution in [0.5, 0.6) is 0 Å². The van der Waals surface area contributed by atoms with Crippen LogP contribution in [0.1, 0.15) is 15.9 Å². The summed E-state index contributed by atoms with van der Waals surface area (Å²) in [7, 11) is -2.81. The zero-order chi connectivity index (χ0) is 24.7. The smallest absolute Gasteiger partial charge is 0.421 e. The van der Waals surface area contributed by atoms with E-state index in [0.29, 0.717) is 16.9 Å². The summed E-state index contributed by atoms with van der Waals surface area (Å²) in [5.41, 5.74) is -0.623. The Hall–Kier alpha value is -3.85. The van der Waals surface area contributed by atoms with Crippen molar-refractivity contribution in [3.05, 3.63) is 65.9 Å². The molecule has 0 spiro atoms. The van der Waals surface area contributed by atoms with Crippen LogP contribution in [0.2, 0.25) is 0 Å². The average Bonchev–Trinajstić information content (AvgIpc) is 3.15. The molecular formula is C22H18F3N4O4P. The third-order valence-electron chi connectivity index (χ3n) is 4.86. The summed E-state index contributed by atoms with van der Waals surface area (Å²) < 4.78 is 59.1. The fourth-order valence-corrected chi connectivity index (χ4v) is 4.50. The van der Waals surface area contributed by atoms with Crippen LogP contribution in [0, 0.1) is 0 Å². The number of nitrogens with one attached hydrogen (secondary N) is 2. The third kappa shape index (κ3) is 4.74. The highest BCUT2D eigenvalue weighted by atomic mass is 31.2. The van der Waals surface area contributed by atoms with Gasteiger partial charge in [0.15, 0.2) is 0 Å². The molecule has 12 heteroatoms. The van der Waals surface area contributed by atoms with Gasteiger partial charge in [-0.2, -0.15) is 18.2 Å². The minimum absolute atomic E-state index is 0.00478. The first-order chi connectivity index (χ1) is 15.9. The molecule has 0 aliphatic heterocycles. The Bertz CT molecular complexity index is 1450. The van der Waals surface area contributed by atoms with E-state index in [-0.39, 0.29) is 28.7 Å². The topological polar surface area (TPSA) is 117 Å². The lowest BCUT2D eigenvalue weighted by Crippen LogP contribution is -2.15. The second-order valence-electron chi connectivity index (χ2n) is 7.70. The van der Waals surface area contributed by atoms with Gasteiger partial charge in [0.2, 0.25) is 11.8 Å². The number of aromatic nitrogens is 2. The number of carboxylic acid groups (broad SMARTS) is 1. The molecule has 3 N–H and O–H groups in total. The normalized spacial score (nSPS) is 12.0. The first-order valence-corrected chi connectivity index (χ1v) is 12.4. The summed E-state index contributed by atoms with van der Waals surface area (Å²) in [6, 6.07) is 12.2. The van der Waals surface area contributed by atoms with E-state index in [1.807, 2.05) is 0 Å². The van der Waals surface area contributed by atoms with Crippen molar-refractivity contribution in [1.29, 1.82) is 0 Å². The molecule has 176 valence electrons. The number of hydrogen-bond donors (Lipinski definition) is 3. The number of alkyl halides is 3. The van der Waals surface area contributed by atoms with Crippen LogP contribution < -0.4 is 15.9 Å². The fraction of sp³-hybridized carbons (Fsp3) is 0.136. The van der Waals surface area contributed by atoms with Crippen LogP contribution in [-0.4, -0.2) is 34.4 Å². The molecule has 8 nitrogen and oxygen atoms in total. The fourth-order valence-electron chi connectivity index (χ4n) is 3.34. The number of rotatable bonds is 6. The van der Waals surface area contributed by atoms with E-state index >= 15 is 0 Å². The quantitative estimate of drug-likeness (QED) is 0.296. The minimum atomic E-state index is -4.76. The van der Waals surface area contributed by atoms with Crippen molar-refractivity contribution in [3.63, 3.8) is 0 Å². The van der Waals surface area contributed by atoms with Gasteiger partial charge in [-0.05, 0) is 37.6 Å². The van der Waals surface area contributed by atoms with Crippen LogP contribution in [0.15, 0.2) is 59.1 Å². The molecule has 4 rings (SSSR count). The van der Waals surface area contributed by atoms with Gasteiger partial charge in [-0.3, -0.25) is 5.32 Å². The second-order valence-corrected chi connectivity index (χ2v) is 10.9. The molecule has 2 heterocycles. The highest BCUT2D eigenvalue weighted by Gasteiger charge is 2.36. The molecule has 0 fully saturated rings.